The molecular formula is C25H29ClN2O4. The molecule has 1 aliphatic rings. The van der Waals surface area contributed by atoms with Crippen molar-refractivity contribution < 1.29 is 19.1 Å². The zero-order valence-electron chi connectivity index (χ0n) is 18.6. The number of halogens is 1. The van der Waals surface area contributed by atoms with Gasteiger partial charge in [-0.05, 0) is 62.1 Å². The average Bonchev–Trinajstić information content (AvgIpc) is 2.75. The summed E-state index contributed by atoms with van der Waals surface area (Å²) >= 11 is 6.02. The second-order valence-corrected chi connectivity index (χ2v) is 8.41. The quantitative estimate of drug-likeness (QED) is 0.476. The van der Waals surface area contributed by atoms with Crippen molar-refractivity contribution in [3.05, 3.63) is 76.0 Å². The van der Waals surface area contributed by atoms with Gasteiger partial charge in [0.15, 0.2) is 0 Å². The van der Waals surface area contributed by atoms with Crippen molar-refractivity contribution in [1.29, 1.82) is 0 Å². The fraction of sp³-hybridized carbons (Fsp3) is 0.360. The highest BCUT2D eigenvalue weighted by molar-refractivity contribution is 6.30. The van der Waals surface area contributed by atoms with Crippen molar-refractivity contribution in [1.82, 2.24) is 10.6 Å². The minimum absolute atomic E-state index is 0.261. The lowest BCUT2D eigenvalue weighted by molar-refractivity contribution is -0.143. The summed E-state index contributed by atoms with van der Waals surface area (Å²) < 4.78 is 11.3. The number of nitrogens with one attached hydrogen (secondary N) is 2. The third kappa shape index (κ3) is 6.26. The van der Waals surface area contributed by atoms with Crippen LogP contribution in [-0.4, -0.2) is 18.1 Å². The van der Waals surface area contributed by atoms with Crippen LogP contribution in [0.4, 0.5) is 4.79 Å². The predicted octanol–water partition coefficient (Wildman–Crippen LogP) is 5.67. The van der Waals surface area contributed by atoms with E-state index >= 15 is 0 Å². The summed E-state index contributed by atoms with van der Waals surface area (Å²) in [4.78, 5) is 25.2. The first-order valence-corrected chi connectivity index (χ1v) is 11.2. The number of amides is 2. The van der Waals surface area contributed by atoms with Gasteiger partial charge in [0, 0.05) is 10.7 Å². The molecule has 2 aromatic rings. The Morgan fingerprint density at radius 3 is 2.56 bits per heavy atom. The van der Waals surface area contributed by atoms with Gasteiger partial charge in [-0.2, -0.15) is 0 Å². The molecule has 0 bridgehead atoms. The number of urea groups is 1. The molecule has 170 valence electrons. The van der Waals surface area contributed by atoms with Crippen molar-refractivity contribution in [2.75, 3.05) is 0 Å². The lowest BCUT2D eigenvalue weighted by atomic mass is 9.93. The second kappa shape index (κ2) is 11.0. The van der Waals surface area contributed by atoms with Crippen LogP contribution in [0.15, 0.2) is 59.8 Å². The SMILES string of the molecule is CCCCC1=C(C(=O)OC(C)C)C(c2ccc(OCc3cccc(Cl)c3)cc2)NC(=O)N1. The third-order valence-electron chi connectivity index (χ3n) is 5.00. The summed E-state index contributed by atoms with van der Waals surface area (Å²) in [6, 6.07) is 13.9. The van der Waals surface area contributed by atoms with Crippen molar-refractivity contribution in [2.24, 2.45) is 0 Å². The maximum atomic E-state index is 12.9. The summed E-state index contributed by atoms with van der Waals surface area (Å²) in [6.07, 6.45) is 2.15. The van der Waals surface area contributed by atoms with Gasteiger partial charge >= 0.3 is 12.0 Å². The van der Waals surface area contributed by atoms with Gasteiger partial charge in [0.2, 0.25) is 0 Å². The van der Waals surface area contributed by atoms with Gasteiger partial charge in [-0.25, -0.2) is 9.59 Å². The standard InChI is InChI=1S/C25H29ClN2O4/c1-4-5-9-21-22(24(29)32-16(2)3)23(28-25(30)27-21)18-10-12-20(13-11-18)31-15-17-7-6-8-19(26)14-17/h6-8,10-14,16,23H,4-5,9,15H2,1-3H3,(H2,27,28,30). The van der Waals surface area contributed by atoms with E-state index in [0.717, 1.165) is 24.0 Å². The van der Waals surface area contributed by atoms with E-state index in [2.05, 4.69) is 17.6 Å². The number of esters is 1. The van der Waals surface area contributed by atoms with E-state index in [9.17, 15) is 9.59 Å². The Morgan fingerprint density at radius 2 is 1.91 bits per heavy atom. The first-order chi connectivity index (χ1) is 15.4. The largest absolute Gasteiger partial charge is 0.489 e. The molecule has 1 atom stereocenters. The van der Waals surface area contributed by atoms with Crippen LogP contribution in [0.25, 0.3) is 0 Å². The molecule has 1 unspecified atom stereocenters. The summed E-state index contributed by atoms with van der Waals surface area (Å²) in [7, 11) is 0. The van der Waals surface area contributed by atoms with E-state index in [1.54, 1.807) is 13.8 Å². The molecule has 0 aromatic heterocycles. The van der Waals surface area contributed by atoms with E-state index in [-0.39, 0.29) is 12.1 Å². The number of carbonyl (C=O) groups is 2. The van der Waals surface area contributed by atoms with Crippen LogP contribution in [0.5, 0.6) is 5.75 Å². The normalized spacial score (nSPS) is 15.9. The number of allylic oxidation sites excluding steroid dienone is 1. The Hall–Kier alpha value is -2.99. The first kappa shape index (κ1) is 23.7. The number of hydrogen-bond donors (Lipinski definition) is 2. The molecule has 2 N–H and O–H groups in total. The maximum absolute atomic E-state index is 12.9. The molecule has 2 aromatic carbocycles. The van der Waals surface area contributed by atoms with Gasteiger partial charge in [0.05, 0.1) is 17.7 Å². The number of benzene rings is 2. The van der Waals surface area contributed by atoms with Gasteiger partial charge in [-0.15, -0.1) is 0 Å². The van der Waals surface area contributed by atoms with Crippen LogP contribution in [0.1, 0.15) is 57.2 Å². The van der Waals surface area contributed by atoms with Crippen LogP contribution >= 0.6 is 11.6 Å². The number of ether oxygens (including phenoxy) is 2. The molecule has 7 heteroatoms. The summed E-state index contributed by atoms with van der Waals surface area (Å²) in [5, 5.41) is 6.33. The fourth-order valence-corrected chi connectivity index (χ4v) is 3.70. The van der Waals surface area contributed by atoms with E-state index in [4.69, 9.17) is 21.1 Å². The molecule has 0 spiro atoms. The number of hydrogen-bond acceptors (Lipinski definition) is 4. The van der Waals surface area contributed by atoms with E-state index in [1.165, 1.54) is 0 Å². The lowest BCUT2D eigenvalue weighted by Crippen LogP contribution is -2.46. The number of rotatable bonds is 9. The average molecular weight is 457 g/mol. The smallest absolute Gasteiger partial charge is 0.338 e. The Balaban J connectivity index is 1.82. The van der Waals surface area contributed by atoms with Gasteiger partial charge in [0.1, 0.15) is 12.4 Å². The van der Waals surface area contributed by atoms with Crippen molar-refractivity contribution in [3.63, 3.8) is 0 Å². The minimum Gasteiger partial charge on any atom is -0.489 e. The zero-order chi connectivity index (χ0) is 23.1. The van der Waals surface area contributed by atoms with Crippen molar-refractivity contribution in [3.8, 4) is 5.75 Å². The second-order valence-electron chi connectivity index (χ2n) is 7.97. The Bertz CT molecular complexity index is 986. The summed E-state index contributed by atoms with van der Waals surface area (Å²) in [5.41, 5.74) is 2.81. The predicted molar refractivity (Wildman–Crippen MR) is 124 cm³/mol. The number of unbranched alkanes of at least 4 members (excludes halogenated alkanes) is 1. The zero-order valence-corrected chi connectivity index (χ0v) is 19.4. The first-order valence-electron chi connectivity index (χ1n) is 10.9. The summed E-state index contributed by atoms with van der Waals surface area (Å²) in [6.45, 7) is 6.06. The molecule has 0 fully saturated rings. The van der Waals surface area contributed by atoms with Crippen molar-refractivity contribution >= 4 is 23.6 Å². The Labute approximate surface area is 193 Å². The van der Waals surface area contributed by atoms with Crippen LogP contribution in [0.3, 0.4) is 0 Å². The molecule has 0 aliphatic carbocycles. The van der Waals surface area contributed by atoms with E-state index in [1.807, 2.05) is 48.5 Å². The molecule has 32 heavy (non-hydrogen) atoms. The van der Waals surface area contributed by atoms with Gasteiger partial charge < -0.3 is 20.1 Å². The molecule has 6 nitrogen and oxygen atoms in total. The highest BCUT2D eigenvalue weighted by atomic mass is 35.5. The van der Waals surface area contributed by atoms with Crippen LogP contribution in [-0.2, 0) is 16.1 Å². The molecule has 0 saturated carbocycles. The Kier molecular flexibility index (Phi) is 8.17. The van der Waals surface area contributed by atoms with Gasteiger partial charge in [0.25, 0.3) is 0 Å². The third-order valence-corrected chi connectivity index (χ3v) is 5.24. The Morgan fingerprint density at radius 1 is 1.16 bits per heavy atom. The monoisotopic (exact) mass is 456 g/mol. The molecule has 0 saturated heterocycles. The molecule has 0 radical (unpaired) electrons. The van der Waals surface area contributed by atoms with Crippen LogP contribution in [0, 0.1) is 0 Å². The topological polar surface area (TPSA) is 76.7 Å². The molecule has 3 rings (SSSR count). The fourth-order valence-electron chi connectivity index (χ4n) is 3.49. The van der Waals surface area contributed by atoms with E-state index in [0.29, 0.717) is 35.1 Å². The number of carbonyl (C=O) groups excluding carboxylic acids is 2. The minimum atomic E-state index is -0.594. The maximum Gasteiger partial charge on any atom is 0.338 e. The van der Waals surface area contributed by atoms with E-state index < -0.39 is 12.0 Å². The molecule has 1 aliphatic heterocycles. The highest BCUT2D eigenvalue weighted by Gasteiger charge is 2.33. The van der Waals surface area contributed by atoms with Crippen molar-refractivity contribution in [2.45, 2.75) is 58.8 Å². The lowest BCUT2D eigenvalue weighted by Gasteiger charge is -2.30. The van der Waals surface area contributed by atoms with Gasteiger partial charge in [-0.3, -0.25) is 0 Å². The molecule has 2 amide bonds. The van der Waals surface area contributed by atoms with Crippen LogP contribution < -0.4 is 15.4 Å². The highest BCUT2D eigenvalue weighted by Crippen LogP contribution is 2.31. The molecular weight excluding hydrogens is 428 g/mol. The molecule has 1 heterocycles. The van der Waals surface area contributed by atoms with Gasteiger partial charge in [-0.1, -0.05) is 49.2 Å². The van der Waals surface area contributed by atoms with Crippen LogP contribution in [0.2, 0.25) is 5.02 Å². The summed E-state index contributed by atoms with van der Waals surface area (Å²) in [5.74, 6) is 0.250.